The molecule has 1 N–H and O–H groups in total. The molecular weight excluding hydrogens is 232 g/mol. The minimum Gasteiger partial charge on any atom is -0.478 e. The summed E-state index contributed by atoms with van der Waals surface area (Å²) in [5, 5.41) is 9.21. The van der Waals surface area contributed by atoms with Crippen molar-refractivity contribution >= 4 is 11.7 Å². The molecule has 0 fully saturated rings. The first-order valence-electron chi connectivity index (χ1n) is 5.96. The number of pyridine rings is 1. The normalized spacial score (nSPS) is 12.2. The Labute approximate surface area is 107 Å². The van der Waals surface area contributed by atoms with Crippen LogP contribution in [0.4, 0.5) is 5.69 Å². The van der Waals surface area contributed by atoms with Gasteiger partial charge in [0.25, 0.3) is 0 Å². The van der Waals surface area contributed by atoms with Gasteiger partial charge in [-0.15, -0.1) is 0 Å². The Kier molecular flexibility index (Phi) is 5.09. The number of ether oxygens (including phenoxy) is 1. The zero-order valence-corrected chi connectivity index (χ0v) is 11.3. The van der Waals surface area contributed by atoms with E-state index in [1.165, 1.54) is 6.20 Å². The van der Waals surface area contributed by atoms with Crippen molar-refractivity contribution in [2.24, 2.45) is 0 Å². The summed E-state index contributed by atoms with van der Waals surface area (Å²) in [5.74, 6) is -0.958. The van der Waals surface area contributed by atoms with Gasteiger partial charge in [0.2, 0.25) is 0 Å². The van der Waals surface area contributed by atoms with E-state index < -0.39 is 5.97 Å². The number of aromatic nitrogens is 1. The lowest BCUT2D eigenvalue weighted by Gasteiger charge is -2.30. The zero-order valence-electron chi connectivity index (χ0n) is 11.3. The molecule has 100 valence electrons. The summed E-state index contributed by atoms with van der Waals surface area (Å²) in [7, 11) is 1.64. The van der Waals surface area contributed by atoms with Crippen molar-refractivity contribution < 1.29 is 14.6 Å². The first-order chi connectivity index (χ1) is 8.51. The number of hydrogen-bond donors (Lipinski definition) is 1. The molecule has 1 aromatic rings. The van der Waals surface area contributed by atoms with Crippen LogP contribution in [-0.2, 0) is 4.74 Å². The summed E-state index contributed by atoms with van der Waals surface area (Å²) in [5.41, 5.74) is 1.73. The predicted octanol–water partition coefficient (Wildman–Crippen LogP) is 1.95. The summed E-state index contributed by atoms with van der Waals surface area (Å²) < 4.78 is 5.13. The van der Waals surface area contributed by atoms with E-state index in [4.69, 9.17) is 4.74 Å². The quantitative estimate of drug-likeness (QED) is 0.838. The number of nitrogens with zero attached hydrogens (tertiary/aromatic N) is 2. The number of hydrogen-bond acceptors (Lipinski definition) is 4. The van der Waals surface area contributed by atoms with Crippen molar-refractivity contribution in [2.45, 2.75) is 26.8 Å². The number of aromatic carboxylic acids is 1. The largest absolute Gasteiger partial charge is 0.478 e. The highest BCUT2D eigenvalue weighted by Crippen LogP contribution is 2.23. The molecule has 0 saturated carbocycles. The van der Waals surface area contributed by atoms with Crippen LogP contribution < -0.4 is 4.90 Å². The van der Waals surface area contributed by atoms with Gasteiger partial charge in [0, 0.05) is 31.6 Å². The summed E-state index contributed by atoms with van der Waals surface area (Å²) in [4.78, 5) is 17.3. The van der Waals surface area contributed by atoms with Gasteiger partial charge in [0.1, 0.15) is 5.56 Å². The molecule has 0 amide bonds. The summed E-state index contributed by atoms with van der Waals surface area (Å²) in [6.07, 6.45) is 1.41. The Bertz CT molecular complexity index is 421. The van der Waals surface area contributed by atoms with Gasteiger partial charge in [-0.2, -0.15) is 0 Å². The van der Waals surface area contributed by atoms with Crippen molar-refractivity contribution in [1.29, 1.82) is 0 Å². The third kappa shape index (κ3) is 3.20. The van der Waals surface area contributed by atoms with Gasteiger partial charge in [0.15, 0.2) is 0 Å². The molecular formula is C13H20N2O3. The maximum atomic E-state index is 11.2. The molecule has 1 atom stereocenters. The lowest BCUT2D eigenvalue weighted by molar-refractivity contribution is 0.0697. The summed E-state index contributed by atoms with van der Waals surface area (Å²) >= 11 is 0. The number of carboxylic acids is 1. The number of rotatable bonds is 6. The molecule has 1 aromatic heterocycles. The van der Waals surface area contributed by atoms with Gasteiger partial charge in [0.05, 0.1) is 12.3 Å². The Morgan fingerprint density at radius 3 is 2.78 bits per heavy atom. The molecule has 0 spiro atoms. The average molecular weight is 252 g/mol. The minimum atomic E-state index is -0.958. The third-order valence-electron chi connectivity index (χ3n) is 2.84. The Morgan fingerprint density at radius 2 is 2.28 bits per heavy atom. The smallest absolute Gasteiger partial charge is 0.339 e. The third-order valence-corrected chi connectivity index (χ3v) is 2.84. The number of carboxylic acid groups (broad SMARTS) is 1. The average Bonchev–Trinajstić information content (AvgIpc) is 2.30. The predicted molar refractivity (Wildman–Crippen MR) is 70.3 cm³/mol. The van der Waals surface area contributed by atoms with Gasteiger partial charge in [-0.25, -0.2) is 4.79 Å². The van der Waals surface area contributed by atoms with Gasteiger partial charge in [-0.1, -0.05) is 0 Å². The maximum Gasteiger partial charge on any atom is 0.339 e. The van der Waals surface area contributed by atoms with Crippen LogP contribution in [-0.4, -0.2) is 42.4 Å². The number of aryl methyl sites for hydroxylation is 1. The molecule has 18 heavy (non-hydrogen) atoms. The van der Waals surface area contributed by atoms with Crippen LogP contribution in [0.1, 0.15) is 29.9 Å². The highest BCUT2D eigenvalue weighted by Gasteiger charge is 2.20. The molecule has 1 heterocycles. The lowest BCUT2D eigenvalue weighted by atomic mass is 10.1. The molecule has 5 nitrogen and oxygen atoms in total. The first-order valence-corrected chi connectivity index (χ1v) is 5.96. The van der Waals surface area contributed by atoms with Crippen molar-refractivity contribution in [3.8, 4) is 0 Å². The molecule has 0 saturated heterocycles. The molecule has 0 aromatic carbocycles. The van der Waals surface area contributed by atoms with Gasteiger partial charge < -0.3 is 14.7 Å². The van der Waals surface area contributed by atoms with Crippen LogP contribution in [0.15, 0.2) is 12.3 Å². The van der Waals surface area contributed by atoms with E-state index >= 15 is 0 Å². The maximum absolute atomic E-state index is 11.2. The SMILES string of the molecule is CCN(c1cc(C)ncc1C(=O)O)C(C)COC. The fourth-order valence-electron chi connectivity index (χ4n) is 2.00. The lowest BCUT2D eigenvalue weighted by Crippen LogP contribution is -2.37. The van der Waals surface area contributed by atoms with Crippen LogP contribution in [0.25, 0.3) is 0 Å². The molecule has 1 unspecified atom stereocenters. The number of likely N-dealkylation sites (N-methyl/N-ethyl adjacent to an activating group) is 1. The number of anilines is 1. The van der Waals surface area contributed by atoms with Crippen molar-refractivity contribution in [3.05, 3.63) is 23.5 Å². The minimum absolute atomic E-state index is 0.111. The van der Waals surface area contributed by atoms with E-state index in [1.807, 2.05) is 25.7 Å². The van der Waals surface area contributed by atoms with E-state index in [2.05, 4.69) is 4.98 Å². The first kappa shape index (κ1) is 14.4. The Hall–Kier alpha value is -1.62. The van der Waals surface area contributed by atoms with Crippen LogP contribution in [0.3, 0.4) is 0 Å². The van der Waals surface area contributed by atoms with Crippen LogP contribution in [0, 0.1) is 6.92 Å². The summed E-state index contributed by atoms with van der Waals surface area (Å²) in [6, 6.07) is 1.92. The standard InChI is InChI=1S/C13H20N2O3/c1-5-15(10(3)8-18-4)12-6-9(2)14-7-11(12)13(16)17/h6-7,10H,5,8H2,1-4H3,(H,16,17). The highest BCUT2D eigenvalue weighted by atomic mass is 16.5. The van der Waals surface area contributed by atoms with Crippen molar-refractivity contribution in [2.75, 3.05) is 25.2 Å². The van der Waals surface area contributed by atoms with Crippen molar-refractivity contribution in [3.63, 3.8) is 0 Å². The molecule has 1 rings (SSSR count). The van der Waals surface area contributed by atoms with E-state index in [0.29, 0.717) is 18.8 Å². The molecule has 0 aliphatic carbocycles. The second-order valence-electron chi connectivity index (χ2n) is 4.24. The van der Waals surface area contributed by atoms with E-state index in [9.17, 15) is 9.90 Å². The van der Waals surface area contributed by atoms with Gasteiger partial charge in [-0.05, 0) is 26.8 Å². The van der Waals surface area contributed by atoms with E-state index in [0.717, 1.165) is 5.69 Å². The highest BCUT2D eigenvalue weighted by molar-refractivity contribution is 5.94. The van der Waals surface area contributed by atoms with Gasteiger partial charge in [-0.3, -0.25) is 4.98 Å². The monoisotopic (exact) mass is 252 g/mol. The van der Waals surface area contributed by atoms with Crippen molar-refractivity contribution in [1.82, 2.24) is 4.98 Å². The van der Waals surface area contributed by atoms with E-state index in [-0.39, 0.29) is 11.6 Å². The topological polar surface area (TPSA) is 62.7 Å². The fourth-order valence-corrected chi connectivity index (χ4v) is 2.00. The summed E-state index contributed by atoms with van der Waals surface area (Å²) in [6.45, 7) is 7.12. The Morgan fingerprint density at radius 1 is 1.61 bits per heavy atom. The fraction of sp³-hybridized carbons (Fsp3) is 0.538. The van der Waals surface area contributed by atoms with Crippen LogP contribution in [0.5, 0.6) is 0 Å². The Balaban J connectivity index is 3.18. The number of carbonyl (C=O) groups is 1. The van der Waals surface area contributed by atoms with Crippen LogP contribution >= 0.6 is 0 Å². The second kappa shape index (κ2) is 6.35. The second-order valence-corrected chi connectivity index (χ2v) is 4.24. The van der Waals surface area contributed by atoms with Crippen LogP contribution in [0.2, 0.25) is 0 Å². The molecule has 0 bridgehead atoms. The van der Waals surface area contributed by atoms with Gasteiger partial charge >= 0.3 is 5.97 Å². The number of methoxy groups -OCH3 is 1. The molecule has 0 aliphatic rings. The molecule has 0 radical (unpaired) electrons. The zero-order chi connectivity index (χ0) is 13.7. The molecule has 5 heteroatoms. The van der Waals surface area contributed by atoms with E-state index in [1.54, 1.807) is 13.2 Å². The molecule has 0 aliphatic heterocycles.